The molecule has 1 nitrogen and oxygen atoms in total. The van der Waals surface area contributed by atoms with Gasteiger partial charge in [-0.2, -0.15) is 0 Å². The summed E-state index contributed by atoms with van der Waals surface area (Å²) in [5.74, 6) is 0. The molecule has 0 atom stereocenters. The Kier molecular flexibility index (Phi) is 3.56. The van der Waals surface area contributed by atoms with Crippen LogP contribution >= 0.6 is 0 Å². The van der Waals surface area contributed by atoms with Crippen molar-refractivity contribution in [2.24, 2.45) is 0 Å². The van der Waals surface area contributed by atoms with Crippen LogP contribution in [0, 0.1) is 0 Å². The number of hydrogen-bond acceptors (Lipinski definition) is 1. The summed E-state index contributed by atoms with van der Waals surface area (Å²) in [6, 6.07) is 0. The minimum Gasteiger partial charge on any atom is -0.394 e. The highest BCUT2D eigenvalue weighted by Crippen LogP contribution is 2.40. The van der Waals surface area contributed by atoms with Gasteiger partial charge in [-0.1, -0.05) is 34.2 Å². The van der Waals surface area contributed by atoms with Gasteiger partial charge in [0.15, 0.2) is 0 Å². The smallest absolute Gasteiger partial charge is 0.0924 e. The van der Waals surface area contributed by atoms with E-state index in [1.165, 1.54) is 0 Å². The molecule has 1 N–H and O–H groups in total. The Balaban J connectivity index is 4.89. The van der Waals surface area contributed by atoms with Crippen molar-refractivity contribution in [1.29, 1.82) is 0 Å². The molecule has 0 aliphatic heterocycles. The van der Waals surface area contributed by atoms with Crippen LogP contribution in [-0.4, -0.2) is 18.4 Å². The van der Waals surface area contributed by atoms with E-state index in [1.54, 1.807) is 0 Å². The van der Waals surface area contributed by atoms with E-state index in [0.29, 0.717) is 11.1 Å². The van der Waals surface area contributed by atoms with Crippen molar-refractivity contribution in [3.05, 3.63) is 0 Å². The van der Waals surface area contributed by atoms with Gasteiger partial charge in [0.1, 0.15) is 0 Å². The first-order chi connectivity index (χ1) is 5.14. The van der Waals surface area contributed by atoms with E-state index in [1.807, 2.05) is 13.8 Å². The number of hydrogen-bond donors (Lipinski definition) is 1. The lowest BCUT2D eigenvalue weighted by Gasteiger charge is -2.45. The standard InChI is InChI=1S/C10H24OSi/c1-8(2)12(7,9(3)4)10(5,6)11/h8-9,11H,1-7H3. The van der Waals surface area contributed by atoms with Crippen LogP contribution in [-0.2, 0) is 0 Å². The summed E-state index contributed by atoms with van der Waals surface area (Å²) < 4.78 is 0. The lowest BCUT2D eigenvalue weighted by Crippen LogP contribution is -2.56. The van der Waals surface area contributed by atoms with Gasteiger partial charge in [0.25, 0.3) is 0 Å². The zero-order valence-electron chi connectivity index (χ0n) is 9.60. The van der Waals surface area contributed by atoms with Crippen LogP contribution in [0.25, 0.3) is 0 Å². The van der Waals surface area contributed by atoms with Crippen molar-refractivity contribution >= 4 is 8.07 Å². The molecule has 0 spiro atoms. The van der Waals surface area contributed by atoms with Gasteiger partial charge in [0, 0.05) is 0 Å². The van der Waals surface area contributed by atoms with Crippen LogP contribution in [0.5, 0.6) is 0 Å². The molecule has 0 saturated heterocycles. The zero-order chi connectivity index (χ0) is 10.2. The van der Waals surface area contributed by atoms with Crippen LogP contribution in [0.3, 0.4) is 0 Å². The first-order valence-corrected chi connectivity index (χ1v) is 7.52. The topological polar surface area (TPSA) is 20.2 Å². The molecule has 0 bridgehead atoms. The Labute approximate surface area is 78.2 Å². The average Bonchev–Trinajstić information content (AvgIpc) is 1.82. The predicted octanol–water partition coefficient (Wildman–Crippen LogP) is 3.20. The molecule has 0 fully saturated rings. The zero-order valence-corrected chi connectivity index (χ0v) is 10.6. The summed E-state index contributed by atoms with van der Waals surface area (Å²) in [6.45, 7) is 15.2. The fourth-order valence-corrected chi connectivity index (χ4v) is 6.24. The van der Waals surface area contributed by atoms with E-state index in [-0.39, 0.29) is 0 Å². The maximum atomic E-state index is 10.1. The highest BCUT2D eigenvalue weighted by Gasteiger charge is 2.46. The van der Waals surface area contributed by atoms with Crippen molar-refractivity contribution in [3.8, 4) is 0 Å². The van der Waals surface area contributed by atoms with Crippen LogP contribution in [0.15, 0.2) is 0 Å². The molecule has 0 rings (SSSR count). The summed E-state index contributed by atoms with van der Waals surface area (Å²) >= 11 is 0. The Bertz CT molecular complexity index is 136. The molecular weight excluding hydrogens is 164 g/mol. The summed E-state index contributed by atoms with van der Waals surface area (Å²) in [4.78, 5) is 0. The van der Waals surface area contributed by atoms with E-state index in [4.69, 9.17) is 0 Å². The molecule has 0 aliphatic rings. The van der Waals surface area contributed by atoms with E-state index in [9.17, 15) is 5.11 Å². The molecule has 12 heavy (non-hydrogen) atoms. The second kappa shape index (κ2) is 3.50. The van der Waals surface area contributed by atoms with Crippen molar-refractivity contribution in [2.75, 3.05) is 0 Å². The molecule has 2 heteroatoms. The molecule has 0 aliphatic carbocycles. The molecular formula is C10H24OSi. The maximum Gasteiger partial charge on any atom is 0.0924 e. The molecule has 0 aromatic rings. The monoisotopic (exact) mass is 188 g/mol. The SMILES string of the molecule is CC(C)[Si](C)(C(C)C)C(C)(C)O. The lowest BCUT2D eigenvalue weighted by molar-refractivity contribution is 0.151. The summed E-state index contributed by atoms with van der Waals surface area (Å²) in [5, 5.41) is 9.68. The minimum absolute atomic E-state index is 0.463. The second-order valence-corrected chi connectivity index (χ2v) is 11.2. The third kappa shape index (κ3) is 1.91. The van der Waals surface area contributed by atoms with Gasteiger partial charge < -0.3 is 5.11 Å². The number of rotatable bonds is 3. The largest absolute Gasteiger partial charge is 0.394 e. The van der Waals surface area contributed by atoms with E-state index in [0.717, 1.165) is 0 Å². The molecule has 0 radical (unpaired) electrons. The van der Waals surface area contributed by atoms with Gasteiger partial charge in [0.05, 0.1) is 13.3 Å². The summed E-state index contributed by atoms with van der Waals surface area (Å²) in [5.41, 5.74) is 1.27. The normalized spacial score (nSPS) is 14.5. The van der Waals surface area contributed by atoms with E-state index >= 15 is 0 Å². The predicted molar refractivity (Wildman–Crippen MR) is 58.1 cm³/mol. The van der Waals surface area contributed by atoms with E-state index in [2.05, 4.69) is 34.2 Å². The Morgan fingerprint density at radius 1 is 1.00 bits per heavy atom. The average molecular weight is 188 g/mol. The van der Waals surface area contributed by atoms with Gasteiger partial charge >= 0.3 is 0 Å². The molecule has 0 aromatic heterocycles. The first kappa shape index (κ1) is 12.2. The summed E-state index contributed by atoms with van der Waals surface area (Å²) in [7, 11) is -1.55. The molecule has 0 amide bonds. The van der Waals surface area contributed by atoms with Crippen LogP contribution in [0.2, 0.25) is 17.6 Å². The fraction of sp³-hybridized carbons (Fsp3) is 1.00. The molecule has 0 aromatic carbocycles. The quantitative estimate of drug-likeness (QED) is 0.674. The van der Waals surface area contributed by atoms with Crippen molar-refractivity contribution < 1.29 is 5.11 Å². The van der Waals surface area contributed by atoms with Gasteiger partial charge in [-0.15, -0.1) is 0 Å². The Hall–Kier alpha value is 0.177. The minimum atomic E-state index is -1.55. The van der Waals surface area contributed by atoms with Gasteiger partial charge in [0.2, 0.25) is 0 Å². The van der Waals surface area contributed by atoms with Crippen molar-refractivity contribution in [1.82, 2.24) is 0 Å². The van der Waals surface area contributed by atoms with Crippen LogP contribution in [0.1, 0.15) is 41.5 Å². The third-order valence-electron chi connectivity index (χ3n) is 3.72. The third-order valence-corrected chi connectivity index (χ3v) is 11.2. The Morgan fingerprint density at radius 2 is 1.25 bits per heavy atom. The second-order valence-electron chi connectivity index (χ2n) is 5.15. The lowest BCUT2D eigenvalue weighted by atomic mass is 10.5. The van der Waals surface area contributed by atoms with Crippen LogP contribution < -0.4 is 0 Å². The fourth-order valence-electron chi connectivity index (χ4n) is 2.08. The van der Waals surface area contributed by atoms with Crippen molar-refractivity contribution in [2.45, 2.75) is 64.4 Å². The molecule has 0 heterocycles. The van der Waals surface area contributed by atoms with E-state index < -0.39 is 13.3 Å². The highest BCUT2D eigenvalue weighted by atomic mass is 28.3. The highest BCUT2D eigenvalue weighted by molar-refractivity contribution is 6.83. The Morgan fingerprint density at radius 3 is 1.25 bits per heavy atom. The van der Waals surface area contributed by atoms with Crippen molar-refractivity contribution in [3.63, 3.8) is 0 Å². The summed E-state index contributed by atoms with van der Waals surface area (Å²) in [6.07, 6.45) is 0. The van der Waals surface area contributed by atoms with Gasteiger partial charge in [-0.05, 0) is 24.9 Å². The molecule has 0 saturated carbocycles. The molecule has 0 unspecified atom stereocenters. The van der Waals surface area contributed by atoms with Gasteiger partial charge in [-0.3, -0.25) is 0 Å². The van der Waals surface area contributed by atoms with Gasteiger partial charge in [-0.25, -0.2) is 0 Å². The molecule has 74 valence electrons. The first-order valence-electron chi connectivity index (χ1n) is 4.86. The maximum absolute atomic E-state index is 10.1. The number of aliphatic hydroxyl groups is 1. The van der Waals surface area contributed by atoms with Crippen LogP contribution in [0.4, 0.5) is 0 Å².